The van der Waals surface area contributed by atoms with E-state index in [0.717, 1.165) is 16.7 Å². The molecular formula is C27H20BN3O2S. The maximum atomic E-state index is 10.3. The summed E-state index contributed by atoms with van der Waals surface area (Å²) in [6, 6.07) is 35.8. The van der Waals surface area contributed by atoms with E-state index < -0.39 is 12.7 Å². The van der Waals surface area contributed by atoms with Gasteiger partial charge in [0.1, 0.15) is 22.2 Å². The molecule has 0 spiro atoms. The highest BCUT2D eigenvalue weighted by Crippen LogP contribution is 2.41. The normalized spacial score (nSPS) is 11.2. The number of hydrogen-bond acceptors (Lipinski definition) is 5. The lowest BCUT2D eigenvalue weighted by Crippen LogP contribution is -2.39. The number of nitriles is 1. The Balaban J connectivity index is 1.87. The van der Waals surface area contributed by atoms with Crippen LogP contribution in [0, 0.1) is 11.3 Å². The Hall–Kier alpha value is -3.96. The zero-order valence-corrected chi connectivity index (χ0v) is 18.9. The first-order chi connectivity index (χ1) is 16.6. The molecule has 0 amide bonds. The van der Waals surface area contributed by atoms with Crippen molar-refractivity contribution in [2.24, 2.45) is 0 Å². The first-order valence-electron chi connectivity index (χ1n) is 10.8. The summed E-state index contributed by atoms with van der Waals surface area (Å²) in [6.45, 7) is 0. The molecule has 164 valence electrons. The van der Waals surface area contributed by atoms with Crippen LogP contribution in [0.5, 0.6) is 0 Å². The molecule has 0 aliphatic heterocycles. The van der Waals surface area contributed by atoms with E-state index in [-0.39, 0.29) is 5.46 Å². The van der Waals surface area contributed by atoms with Gasteiger partial charge in [0.2, 0.25) is 0 Å². The minimum absolute atomic E-state index is 0.276. The monoisotopic (exact) mass is 461 g/mol. The SMILES string of the molecule is N#Cc1ccc(-c2nn(C(c3ccccc3)(c3ccccc3)c3ccccc3)cc2B(O)O)s1. The predicted octanol–water partition coefficient (Wildman–Crippen LogP) is 4.00. The lowest BCUT2D eigenvalue weighted by Gasteiger charge is -2.36. The summed E-state index contributed by atoms with van der Waals surface area (Å²) >= 11 is 1.27. The molecule has 5 aromatic rings. The second-order valence-corrected chi connectivity index (χ2v) is 8.92. The zero-order chi connectivity index (χ0) is 23.5. The van der Waals surface area contributed by atoms with Gasteiger partial charge in [0.25, 0.3) is 0 Å². The van der Waals surface area contributed by atoms with Gasteiger partial charge in [0.15, 0.2) is 0 Å². The Kier molecular flexibility index (Phi) is 5.87. The van der Waals surface area contributed by atoms with Crippen LogP contribution in [0.4, 0.5) is 0 Å². The number of aromatic nitrogens is 2. The number of hydrogen-bond donors (Lipinski definition) is 2. The van der Waals surface area contributed by atoms with Gasteiger partial charge in [0.05, 0.1) is 4.88 Å². The van der Waals surface area contributed by atoms with Gasteiger partial charge < -0.3 is 10.0 Å². The highest BCUT2D eigenvalue weighted by molar-refractivity contribution is 7.16. The Morgan fingerprint density at radius 3 is 1.68 bits per heavy atom. The summed E-state index contributed by atoms with van der Waals surface area (Å²) in [7, 11) is -1.73. The van der Waals surface area contributed by atoms with E-state index in [9.17, 15) is 15.3 Å². The first-order valence-corrected chi connectivity index (χ1v) is 11.6. The molecule has 2 aromatic heterocycles. The summed E-state index contributed by atoms with van der Waals surface area (Å²) in [4.78, 5) is 1.23. The minimum atomic E-state index is -1.73. The molecule has 0 fully saturated rings. The lowest BCUT2D eigenvalue weighted by atomic mass is 9.76. The van der Waals surface area contributed by atoms with E-state index in [4.69, 9.17) is 5.10 Å². The quantitative estimate of drug-likeness (QED) is 0.296. The predicted molar refractivity (Wildman–Crippen MR) is 135 cm³/mol. The Morgan fingerprint density at radius 1 is 0.765 bits per heavy atom. The standard InChI is InChI=1S/C27H20BN3O2S/c29-18-23-16-17-25(34-23)26-24(28(32)33)19-31(30-26)27(20-10-4-1-5-11-20,21-12-6-2-7-13-21)22-14-8-3-9-15-22/h1-17,19,32-33H. The molecule has 0 unspecified atom stereocenters. The first kappa shape index (κ1) is 21.9. The van der Waals surface area contributed by atoms with Crippen molar-refractivity contribution in [3.05, 3.63) is 131 Å². The Morgan fingerprint density at radius 2 is 1.26 bits per heavy atom. The van der Waals surface area contributed by atoms with E-state index in [1.165, 1.54) is 11.3 Å². The molecule has 0 bridgehead atoms. The van der Waals surface area contributed by atoms with Crippen molar-refractivity contribution in [3.8, 4) is 16.6 Å². The highest BCUT2D eigenvalue weighted by atomic mass is 32.1. The van der Waals surface area contributed by atoms with Gasteiger partial charge in [0, 0.05) is 11.7 Å². The van der Waals surface area contributed by atoms with Crippen LogP contribution in [0.2, 0.25) is 0 Å². The van der Waals surface area contributed by atoms with Gasteiger partial charge >= 0.3 is 7.12 Å². The maximum absolute atomic E-state index is 10.3. The highest BCUT2D eigenvalue weighted by Gasteiger charge is 2.40. The molecular weight excluding hydrogens is 441 g/mol. The summed E-state index contributed by atoms with van der Waals surface area (Å²) in [5.41, 5.74) is 2.77. The molecule has 3 aromatic carbocycles. The molecule has 0 aliphatic rings. The summed E-state index contributed by atoms with van der Waals surface area (Å²) in [6.07, 6.45) is 1.69. The second kappa shape index (κ2) is 9.12. The van der Waals surface area contributed by atoms with E-state index >= 15 is 0 Å². The molecule has 0 saturated heterocycles. The van der Waals surface area contributed by atoms with Crippen molar-refractivity contribution in [2.75, 3.05) is 0 Å². The Labute approximate surface area is 202 Å². The van der Waals surface area contributed by atoms with E-state index in [1.807, 2.05) is 59.3 Å². The second-order valence-electron chi connectivity index (χ2n) is 7.84. The van der Waals surface area contributed by atoms with E-state index in [2.05, 4.69) is 42.5 Å². The van der Waals surface area contributed by atoms with Crippen LogP contribution < -0.4 is 5.46 Å². The van der Waals surface area contributed by atoms with Crippen LogP contribution in [0.25, 0.3) is 10.6 Å². The fourth-order valence-electron chi connectivity index (χ4n) is 4.40. The number of thiophene rings is 1. The molecule has 34 heavy (non-hydrogen) atoms. The van der Waals surface area contributed by atoms with E-state index in [1.54, 1.807) is 18.3 Å². The van der Waals surface area contributed by atoms with Crippen molar-refractivity contribution in [3.63, 3.8) is 0 Å². The molecule has 2 N–H and O–H groups in total. The van der Waals surface area contributed by atoms with Crippen molar-refractivity contribution < 1.29 is 10.0 Å². The average molecular weight is 461 g/mol. The van der Waals surface area contributed by atoms with Gasteiger partial charge in [-0.15, -0.1) is 11.3 Å². The van der Waals surface area contributed by atoms with Crippen LogP contribution >= 0.6 is 11.3 Å². The number of benzene rings is 3. The van der Waals surface area contributed by atoms with Gasteiger partial charge in [-0.2, -0.15) is 10.4 Å². The molecule has 0 saturated carbocycles. The summed E-state index contributed by atoms with van der Waals surface area (Å²) < 4.78 is 1.81. The van der Waals surface area contributed by atoms with Crippen molar-refractivity contribution in [1.82, 2.24) is 9.78 Å². The van der Waals surface area contributed by atoms with Gasteiger partial charge in [-0.25, -0.2) is 0 Å². The fourth-order valence-corrected chi connectivity index (χ4v) is 5.21. The smallest absolute Gasteiger partial charge is 0.423 e. The topological polar surface area (TPSA) is 82.1 Å². The van der Waals surface area contributed by atoms with Crippen molar-refractivity contribution in [2.45, 2.75) is 5.54 Å². The number of nitrogens with zero attached hydrogens (tertiary/aromatic N) is 3. The summed E-state index contributed by atoms with van der Waals surface area (Å²) in [5, 5.41) is 34.8. The number of rotatable bonds is 6. The largest absolute Gasteiger partial charge is 0.492 e. The third-order valence-corrected chi connectivity index (χ3v) is 6.89. The molecule has 5 nitrogen and oxygen atoms in total. The fraction of sp³-hybridized carbons (Fsp3) is 0.0370. The van der Waals surface area contributed by atoms with Crippen LogP contribution in [-0.4, -0.2) is 26.9 Å². The van der Waals surface area contributed by atoms with Crippen LogP contribution in [0.15, 0.2) is 109 Å². The molecule has 0 aliphatic carbocycles. The van der Waals surface area contributed by atoms with Gasteiger partial charge in [-0.1, -0.05) is 91.0 Å². The third kappa shape index (κ3) is 3.64. The minimum Gasteiger partial charge on any atom is -0.423 e. The third-order valence-electron chi connectivity index (χ3n) is 5.89. The molecule has 0 radical (unpaired) electrons. The molecule has 7 heteroatoms. The Bertz CT molecular complexity index is 1350. The van der Waals surface area contributed by atoms with Crippen LogP contribution in [-0.2, 0) is 5.54 Å². The van der Waals surface area contributed by atoms with Crippen molar-refractivity contribution in [1.29, 1.82) is 5.26 Å². The van der Waals surface area contributed by atoms with E-state index in [0.29, 0.717) is 15.4 Å². The lowest BCUT2D eigenvalue weighted by molar-refractivity contribution is 0.425. The molecule has 5 rings (SSSR count). The average Bonchev–Trinajstić information content (AvgIpc) is 3.54. The van der Waals surface area contributed by atoms with Gasteiger partial charge in [-0.05, 0) is 28.8 Å². The maximum Gasteiger partial charge on any atom is 0.492 e. The zero-order valence-electron chi connectivity index (χ0n) is 18.1. The van der Waals surface area contributed by atoms with Crippen LogP contribution in [0.1, 0.15) is 21.6 Å². The van der Waals surface area contributed by atoms with Crippen LogP contribution in [0.3, 0.4) is 0 Å². The van der Waals surface area contributed by atoms with Crippen molar-refractivity contribution >= 4 is 23.9 Å². The molecule has 2 heterocycles. The summed E-state index contributed by atoms with van der Waals surface area (Å²) in [5.74, 6) is 0. The van der Waals surface area contributed by atoms with Gasteiger partial charge in [-0.3, -0.25) is 4.68 Å². The molecule has 0 atom stereocenters.